The number of nitrogens with one attached hydrogen (secondary N) is 1. The summed E-state index contributed by atoms with van der Waals surface area (Å²) in [6, 6.07) is 0. The Morgan fingerprint density at radius 3 is 2.60 bits per heavy atom. The first-order valence-electron chi connectivity index (χ1n) is 2.95. The highest BCUT2D eigenvalue weighted by Crippen LogP contribution is 1.84. The van der Waals surface area contributed by atoms with Gasteiger partial charge in [-0.3, -0.25) is 4.79 Å². The molecule has 0 aliphatic carbocycles. The van der Waals surface area contributed by atoms with Gasteiger partial charge in [0.05, 0.1) is 6.54 Å². The summed E-state index contributed by atoms with van der Waals surface area (Å²) in [5.41, 5.74) is 0. The molecule has 0 aromatic heterocycles. The van der Waals surface area contributed by atoms with Crippen molar-refractivity contribution in [1.29, 1.82) is 0 Å². The molecular weight excluding hydrogens is 126 g/mol. The lowest BCUT2D eigenvalue weighted by Crippen LogP contribution is -2.22. The molecule has 0 fully saturated rings. The van der Waals surface area contributed by atoms with Gasteiger partial charge in [-0.15, -0.1) is 18.8 Å². The Morgan fingerprint density at radius 2 is 2.10 bits per heavy atom. The quantitative estimate of drug-likeness (QED) is 0.548. The van der Waals surface area contributed by atoms with Crippen molar-refractivity contribution in [3.63, 3.8) is 0 Å². The van der Waals surface area contributed by atoms with E-state index in [0.717, 1.165) is 0 Å². The van der Waals surface area contributed by atoms with Crippen molar-refractivity contribution in [2.75, 3.05) is 6.54 Å². The van der Waals surface area contributed by atoms with Crippen molar-refractivity contribution < 1.29 is 4.79 Å². The van der Waals surface area contributed by atoms with Gasteiger partial charge in [-0.05, 0) is 0 Å². The fourth-order valence-electron chi connectivity index (χ4n) is 0.424. The zero-order valence-electron chi connectivity index (χ0n) is 5.68. The van der Waals surface area contributed by atoms with Crippen LogP contribution in [-0.2, 0) is 4.79 Å². The first-order chi connectivity index (χ1) is 4.81. The van der Waals surface area contributed by atoms with E-state index in [2.05, 4.69) is 17.2 Å². The van der Waals surface area contributed by atoms with Gasteiger partial charge in [0.15, 0.2) is 0 Å². The van der Waals surface area contributed by atoms with Crippen LogP contribution in [0.25, 0.3) is 0 Å². The van der Waals surface area contributed by atoms with Gasteiger partial charge < -0.3 is 5.32 Å². The van der Waals surface area contributed by atoms with E-state index in [1.54, 1.807) is 0 Å². The van der Waals surface area contributed by atoms with E-state index in [9.17, 15) is 4.79 Å². The molecule has 1 amide bonds. The number of terminal acetylenes is 2. The van der Waals surface area contributed by atoms with E-state index in [0.29, 0.717) is 12.8 Å². The predicted octanol–water partition coefficient (Wildman–Crippen LogP) is 0.149. The molecule has 2 nitrogen and oxygen atoms in total. The lowest BCUT2D eigenvalue weighted by molar-refractivity contribution is -0.120. The summed E-state index contributed by atoms with van der Waals surface area (Å²) in [7, 11) is 0. The second-order valence-electron chi connectivity index (χ2n) is 1.68. The monoisotopic (exact) mass is 135 g/mol. The average Bonchev–Trinajstić information content (AvgIpc) is 1.97. The van der Waals surface area contributed by atoms with Crippen LogP contribution in [0.4, 0.5) is 0 Å². The van der Waals surface area contributed by atoms with Crippen LogP contribution in [0.3, 0.4) is 0 Å². The Labute approximate surface area is 61.0 Å². The Balaban J connectivity index is 3.30. The van der Waals surface area contributed by atoms with Gasteiger partial charge in [-0.2, -0.15) is 0 Å². The molecule has 52 valence electrons. The first kappa shape index (κ1) is 8.59. The average molecular weight is 135 g/mol. The van der Waals surface area contributed by atoms with Crippen molar-refractivity contribution in [3.8, 4) is 24.7 Å². The van der Waals surface area contributed by atoms with Gasteiger partial charge >= 0.3 is 0 Å². The summed E-state index contributed by atoms with van der Waals surface area (Å²) in [4.78, 5) is 10.7. The minimum absolute atomic E-state index is 0.0871. The predicted molar refractivity (Wildman–Crippen MR) is 39.9 cm³/mol. The first-order valence-corrected chi connectivity index (χ1v) is 2.95. The Bertz CT molecular complexity index is 162. The van der Waals surface area contributed by atoms with E-state index < -0.39 is 0 Å². The number of rotatable bonds is 3. The van der Waals surface area contributed by atoms with Gasteiger partial charge in [0.1, 0.15) is 0 Å². The van der Waals surface area contributed by atoms with Gasteiger partial charge in [0.25, 0.3) is 0 Å². The number of carbonyl (C=O) groups excluding carboxylic acids is 1. The van der Waals surface area contributed by atoms with E-state index in [1.807, 2.05) is 0 Å². The topological polar surface area (TPSA) is 29.1 Å². The minimum Gasteiger partial charge on any atom is -0.345 e. The Morgan fingerprint density at radius 1 is 1.40 bits per heavy atom. The van der Waals surface area contributed by atoms with E-state index in [4.69, 9.17) is 12.8 Å². The van der Waals surface area contributed by atoms with Crippen molar-refractivity contribution in [3.05, 3.63) is 0 Å². The standard InChI is InChI=1S/C8H9NO/c1-3-5-6-8(10)9-7-4-2/h1-2H,5-7H2,(H,9,10). The molecule has 0 saturated carbocycles. The van der Waals surface area contributed by atoms with Gasteiger partial charge in [-0.1, -0.05) is 5.92 Å². The summed E-state index contributed by atoms with van der Waals surface area (Å²) in [6.45, 7) is 0.281. The number of hydrogen-bond acceptors (Lipinski definition) is 1. The highest BCUT2D eigenvalue weighted by molar-refractivity contribution is 5.76. The lowest BCUT2D eigenvalue weighted by Gasteiger charge is -1.95. The molecule has 0 aromatic rings. The molecule has 2 heteroatoms. The lowest BCUT2D eigenvalue weighted by atomic mass is 10.3. The fourth-order valence-corrected chi connectivity index (χ4v) is 0.424. The van der Waals surface area contributed by atoms with Crippen molar-refractivity contribution in [1.82, 2.24) is 5.32 Å². The van der Waals surface area contributed by atoms with Gasteiger partial charge in [-0.25, -0.2) is 0 Å². The normalized spacial score (nSPS) is 7.40. The summed E-state index contributed by atoms with van der Waals surface area (Å²) in [5, 5.41) is 2.50. The maximum Gasteiger partial charge on any atom is 0.221 e. The van der Waals surface area contributed by atoms with Crippen LogP contribution in [0.15, 0.2) is 0 Å². The molecule has 0 bridgehead atoms. The molecule has 10 heavy (non-hydrogen) atoms. The third-order valence-electron chi connectivity index (χ3n) is 0.884. The molecule has 0 spiro atoms. The van der Waals surface area contributed by atoms with Crippen molar-refractivity contribution in [2.24, 2.45) is 0 Å². The molecule has 0 saturated heterocycles. The van der Waals surface area contributed by atoms with Crippen LogP contribution < -0.4 is 5.32 Å². The van der Waals surface area contributed by atoms with Crippen LogP contribution >= 0.6 is 0 Å². The van der Waals surface area contributed by atoms with E-state index in [1.165, 1.54) is 0 Å². The molecule has 0 aliphatic rings. The largest absolute Gasteiger partial charge is 0.345 e. The van der Waals surface area contributed by atoms with E-state index >= 15 is 0 Å². The molecule has 1 N–H and O–H groups in total. The van der Waals surface area contributed by atoms with Crippen LogP contribution in [0.1, 0.15) is 12.8 Å². The maximum absolute atomic E-state index is 10.7. The third-order valence-corrected chi connectivity index (χ3v) is 0.884. The second-order valence-corrected chi connectivity index (χ2v) is 1.68. The van der Waals surface area contributed by atoms with Crippen molar-refractivity contribution >= 4 is 5.91 Å². The molecule has 0 heterocycles. The summed E-state index contributed by atoms with van der Waals surface area (Å²) in [6.07, 6.45) is 10.7. The molecule has 0 aromatic carbocycles. The van der Waals surface area contributed by atoms with Gasteiger partial charge in [0, 0.05) is 12.8 Å². The summed E-state index contributed by atoms with van der Waals surface area (Å²) < 4.78 is 0. The zero-order valence-corrected chi connectivity index (χ0v) is 5.68. The Hall–Kier alpha value is -1.41. The van der Waals surface area contributed by atoms with Crippen molar-refractivity contribution in [2.45, 2.75) is 12.8 Å². The molecular formula is C8H9NO. The second kappa shape index (κ2) is 5.72. The molecule has 0 radical (unpaired) electrons. The number of carbonyl (C=O) groups is 1. The summed E-state index contributed by atoms with van der Waals surface area (Å²) >= 11 is 0. The smallest absolute Gasteiger partial charge is 0.221 e. The highest BCUT2D eigenvalue weighted by Gasteiger charge is 1.95. The number of hydrogen-bond donors (Lipinski definition) is 1. The summed E-state index contributed by atoms with van der Waals surface area (Å²) in [5.74, 6) is 4.57. The highest BCUT2D eigenvalue weighted by atomic mass is 16.1. The fraction of sp³-hybridized carbons (Fsp3) is 0.375. The number of amides is 1. The van der Waals surface area contributed by atoms with Crippen LogP contribution in [0.5, 0.6) is 0 Å². The third kappa shape index (κ3) is 4.74. The maximum atomic E-state index is 10.7. The van der Waals surface area contributed by atoms with Crippen LogP contribution in [0, 0.1) is 24.7 Å². The SMILES string of the molecule is C#CCCC(=O)NCC#C. The molecule has 0 rings (SSSR count). The van der Waals surface area contributed by atoms with E-state index in [-0.39, 0.29) is 12.5 Å². The van der Waals surface area contributed by atoms with Gasteiger partial charge in [0.2, 0.25) is 5.91 Å². The van der Waals surface area contributed by atoms with Crippen LogP contribution in [-0.4, -0.2) is 12.5 Å². The zero-order chi connectivity index (χ0) is 7.82. The Kier molecular flexibility index (Phi) is 4.91. The minimum atomic E-state index is -0.0871. The molecule has 0 atom stereocenters. The molecule has 0 aliphatic heterocycles. The van der Waals surface area contributed by atoms with Crippen LogP contribution in [0.2, 0.25) is 0 Å². The molecule has 0 unspecified atom stereocenters.